The van der Waals surface area contributed by atoms with E-state index >= 15 is 0 Å². The summed E-state index contributed by atoms with van der Waals surface area (Å²) in [6.07, 6.45) is 0. The molecule has 2 aromatic heterocycles. The molecule has 8 nitrogen and oxygen atoms in total. The van der Waals surface area contributed by atoms with E-state index in [-0.39, 0.29) is 23.7 Å². The first-order chi connectivity index (χ1) is 10.9. The number of fused-ring (bicyclic) bond motifs is 1. The highest BCUT2D eigenvalue weighted by Gasteiger charge is 2.18. The number of hydrazine groups is 1. The highest BCUT2D eigenvalue weighted by atomic mass is 19.1. The number of imidazole rings is 1. The summed E-state index contributed by atoms with van der Waals surface area (Å²) >= 11 is 0. The first-order valence-electron chi connectivity index (χ1n) is 6.81. The van der Waals surface area contributed by atoms with Crippen LogP contribution in [-0.4, -0.2) is 18.7 Å². The van der Waals surface area contributed by atoms with E-state index in [1.807, 2.05) is 0 Å². The second-order valence-corrected chi connectivity index (χ2v) is 5.17. The summed E-state index contributed by atoms with van der Waals surface area (Å²) in [6.45, 7) is -0.0320. The van der Waals surface area contributed by atoms with Gasteiger partial charge in [-0.25, -0.2) is 15.0 Å². The zero-order chi connectivity index (χ0) is 16.7. The Bertz CT molecular complexity index is 1020. The van der Waals surface area contributed by atoms with Gasteiger partial charge in [0.15, 0.2) is 11.2 Å². The zero-order valence-electron chi connectivity index (χ0n) is 12.6. The van der Waals surface area contributed by atoms with Crippen molar-refractivity contribution in [2.24, 2.45) is 19.9 Å². The Kier molecular flexibility index (Phi) is 3.49. The molecule has 0 unspecified atom stereocenters. The molecule has 0 radical (unpaired) electrons. The number of nitrogens with one attached hydrogen (secondary N) is 1. The SMILES string of the molecule is Cn1c(NN)nc2c1c(=O)n(Cc1cccc(F)c1)c(=O)n2C. The lowest BCUT2D eigenvalue weighted by atomic mass is 10.2. The number of anilines is 1. The van der Waals surface area contributed by atoms with Crippen molar-refractivity contribution < 1.29 is 4.39 Å². The topological polar surface area (TPSA) is 99.9 Å². The maximum Gasteiger partial charge on any atom is 0.332 e. The zero-order valence-corrected chi connectivity index (χ0v) is 12.6. The lowest BCUT2D eigenvalue weighted by molar-refractivity contribution is 0.616. The van der Waals surface area contributed by atoms with Gasteiger partial charge in [0.1, 0.15) is 5.82 Å². The van der Waals surface area contributed by atoms with Crippen LogP contribution in [0.3, 0.4) is 0 Å². The molecule has 120 valence electrons. The normalized spacial score (nSPS) is 11.1. The van der Waals surface area contributed by atoms with E-state index in [0.29, 0.717) is 5.56 Å². The number of aryl methyl sites for hydroxylation is 2. The van der Waals surface area contributed by atoms with Gasteiger partial charge in [0, 0.05) is 14.1 Å². The highest BCUT2D eigenvalue weighted by Crippen LogP contribution is 2.12. The van der Waals surface area contributed by atoms with Gasteiger partial charge >= 0.3 is 5.69 Å². The van der Waals surface area contributed by atoms with Gasteiger partial charge in [-0.2, -0.15) is 4.98 Å². The van der Waals surface area contributed by atoms with Crippen molar-refractivity contribution in [3.05, 3.63) is 56.5 Å². The Morgan fingerprint density at radius 2 is 2.00 bits per heavy atom. The standard InChI is InChI=1S/C14H15FN6O2/c1-19-10-11(17-13(19)18-16)20(2)14(23)21(12(10)22)7-8-4-3-5-9(15)6-8/h3-6H,7,16H2,1-2H3,(H,17,18). The van der Waals surface area contributed by atoms with Gasteiger partial charge in [-0.1, -0.05) is 12.1 Å². The molecular formula is C14H15FN6O2. The van der Waals surface area contributed by atoms with Gasteiger partial charge in [-0.3, -0.25) is 19.4 Å². The molecule has 0 saturated carbocycles. The van der Waals surface area contributed by atoms with E-state index in [0.717, 1.165) is 4.57 Å². The third kappa shape index (κ3) is 2.30. The van der Waals surface area contributed by atoms with Crippen LogP contribution in [0.4, 0.5) is 10.3 Å². The maximum atomic E-state index is 13.3. The van der Waals surface area contributed by atoms with Crippen LogP contribution < -0.4 is 22.5 Å². The van der Waals surface area contributed by atoms with Crippen molar-refractivity contribution in [1.29, 1.82) is 0 Å². The molecule has 2 heterocycles. The molecule has 3 rings (SSSR count). The van der Waals surface area contributed by atoms with Crippen LogP contribution in [0.25, 0.3) is 11.2 Å². The van der Waals surface area contributed by atoms with Gasteiger partial charge in [0.25, 0.3) is 5.56 Å². The van der Waals surface area contributed by atoms with E-state index in [1.165, 1.54) is 34.4 Å². The fraction of sp³-hybridized carbons (Fsp3) is 0.214. The van der Waals surface area contributed by atoms with Gasteiger partial charge in [0.2, 0.25) is 5.95 Å². The molecule has 0 fully saturated rings. The average Bonchev–Trinajstić information content (AvgIpc) is 2.86. The van der Waals surface area contributed by atoms with Crippen LogP contribution in [0.15, 0.2) is 33.9 Å². The number of nitrogen functional groups attached to an aromatic ring is 1. The largest absolute Gasteiger partial charge is 0.332 e. The Hall–Kier alpha value is -2.94. The van der Waals surface area contributed by atoms with E-state index < -0.39 is 17.1 Å². The molecule has 0 amide bonds. The lowest BCUT2D eigenvalue weighted by Crippen LogP contribution is -2.39. The first kappa shape index (κ1) is 15.0. The van der Waals surface area contributed by atoms with E-state index in [9.17, 15) is 14.0 Å². The molecule has 0 aliphatic heterocycles. The molecule has 0 spiro atoms. The number of aromatic nitrogens is 4. The van der Waals surface area contributed by atoms with Gasteiger partial charge in [-0.15, -0.1) is 0 Å². The number of hydrogen-bond donors (Lipinski definition) is 2. The molecule has 0 aliphatic rings. The number of nitrogens with zero attached hydrogens (tertiary/aromatic N) is 4. The van der Waals surface area contributed by atoms with Crippen molar-refractivity contribution in [3.63, 3.8) is 0 Å². The van der Waals surface area contributed by atoms with E-state index in [1.54, 1.807) is 13.1 Å². The average molecular weight is 318 g/mol. The number of halogens is 1. The molecule has 1 aromatic carbocycles. The fourth-order valence-electron chi connectivity index (χ4n) is 2.53. The number of benzene rings is 1. The van der Waals surface area contributed by atoms with Gasteiger partial charge in [0.05, 0.1) is 6.54 Å². The minimum Gasteiger partial charge on any atom is -0.306 e. The molecule has 9 heteroatoms. The number of nitrogens with two attached hydrogens (primary N) is 1. The summed E-state index contributed by atoms with van der Waals surface area (Å²) in [5.74, 6) is 5.19. The van der Waals surface area contributed by atoms with Crippen molar-refractivity contribution in [1.82, 2.24) is 18.7 Å². The molecule has 0 saturated heterocycles. The Morgan fingerprint density at radius 3 is 2.65 bits per heavy atom. The maximum absolute atomic E-state index is 13.3. The van der Waals surface area contributed by atoms with Gasteiger partial charge < -0.3 is 4.57 Å². The van der Waals surface area contributed by atoms with Crippen LogP contribution in [0, 0.1) is 5.82 Å². The summed E-state index contributed by atoms with van der Waals surface area (Å²) in [5, 5.41) is 0. The third-order valence-corrected chi connectivity index (χ3v) is 3.72. The molecule has 0 aliphatic carbocycles. The Morgan fingerprint density at radius 1 is 1.26 bits per heavy atom. The fourth-order valence-corrected chi connectivity index (χ4v) is 2.53. The van der Waals surface area contributed by atoms with E-state index in [4.69, 9.17) is 5.84 Å². The first-order valence-corrected chi connectivity index (χ1v) is 6.81. The highest BCUT2D eigenvalue weighted by molar-refractivity contribution is 5.73. The molecule has 23 heavy (non-hydrogen) atoms. The third-order valence-electron chi connectivity index (χ3n) is 3.72. The predicted octanol–water partition coefficient (Wildman–Crippen LogP) is -0.0933. The summed E-state index contributed by atoms with van der Waals surface area (Å²) in [5.41, 5.74) is 2.31. The number of rotatable bonds is 3. The molecule has 3 N–H and O–H groups in total. The minimum absolute atomic E-state index is 0.0320. The monoisotopic (exact) mass is 318 g/mol. The second-order valence-electron chi connectivity index (χ2n) is 5.17. The van der Waals surface area contributed by atoms with Crippen molar-refractivity contribution >= 4 is 17.1 Å². The van der Waals surface area contributed by atoms with Crippen molar-refractivity contribution in [3.8, 4) is 0 Å². The van der Waals surface area contributed by atoms with E-state index in [2.05, 4.69) is 10.4 Å². The minimum atomic E-state index is -0.534. The van der Waals surface area contributed by atoms with Crippen LogP contribution >= 0.6 is 0 Å². The molecule has 3 aromatic rings. The molecule has 0 bridgehead atoms. The van der Waals surface area contributed by atoms with Crippen LogP contribution in [0.2, 0.25) is 0 Å². The summed E-state index contributed by atoms with van der Waals surface area (Å²) in [4.78, 5) is 29.2. The summed E-state index contributed by atoms with van der Waals surface area (Å²) < 4.78 is 17.1. The van der Waals surface area contributed by atoms with Gasteiger partial charge in [-0.05, 0) is 17.7 Å². The van der Waals surface area contributed by atoms with Crippen molar-refractivity contribution in [2.45, 2.75) is 6.54 Å². The summed E-state index contributed by atoms with van der Waals surface area (Å²) in [7, 11) is 3.13. The van der Waals surface area contributed by atoms with Crippen molar-refractivity contribution in [2.75, 3.05) is 5.43 Å². The Labute approximate surface area is 129 Å². The number of hydrogen-bond acceptors (Lipinski definition) is 5. The summed E-state index contributed by atoms with van der Waals surface area (Å²) in [6, 6.07) is 5.76. The van der Waals surface area contributed by atoms with Crippen LogP contribution in [0.5, 0.6) is 0 Å². The molecule has 0 atom stereocenters. The lowest BCUT2D eigenvalue weighted by Gasteiger charge is -2.08. The Balaban J connectivity index is 2.27. The molecular weight excluding hydrogens is 303 g/mol. The quantitative estimate of drug-likeness (QED) is 0.519. The van der Waals surface area contributed by atoms with Crippen LogP contribution in [0.1, 0.15) is 5.56 Å². The predicted molar refractivity (Wildman–Crippen MR) is 83.5 cm³/mol. The smallest absolute Gasteiger partial charge is 0.306 e. The van der Waals surface area contributed by atoms with Crippen LogP contribution in [-0.2, 0) is 20.6 Å². The second kappa shape index (κ2) is 5.36.